The van der Waals surface area contributed by atoms with Crippen molar-refractivity contribution in [1.82, 2.24) is 9.88 Å². The number of pyridine rings is 1. The molecule has 8 heteroatoms. The molecule has 0 saturated heterocycles. The molecule has 7 nitrogen and oxygen atoms in total. The Kier molecular flexibility index (Phi) is 4.68. The van der Waals surface area contributed by atoms with E-state index in [0.717, 1.165) is 10.4 Å². The summed E-state index contributed by atoms with van der Waals surface area (Å²) in [6, 6.07) is 12.7. The van der Waals surface area contributed by atoms with Gasteiger partial charge in [0.25, 0.3) is 11.8 Å². The van der Waals surface area contributed by atoms with E-state index in [1.807, 2.05) is 23.6 Å². The van der Waals surface area contributed by atoms with Crippen LogP contribution in [0.15, 0.2) is 65.9 Å². The summed E-state index contributed by atoms with van der Waals surface area (Å²) >= 11 is 1.42. The topological polar surface area (TPSA) is 80.8 Å². The molecule has 2 aromatic heterocycles. The summed E-state index contributed by atoms with van der Waals surface area (Å²) in [7, 11) is 0. The van der Waals surface area contributed by atoms with Gasteiger partial charge in [0.15, 0.2) is 11.5 Å². The Labute approximate surface area is 176 Å². The van der Waals surface area contributed by atoms with E-state index in [1.54, 1.807) is 36.7 Å². The molecule has 0 radical (unpaired) electrons. The van der Waals surface area contributed by atoms with Crippen LogP contribution in [0.1, 0.15) is 10.4 Å². The molecule has 5 rings (SSSR count). The summed E-state index contributed by atoms with van der Waals surface area (Å²) in [4.78, 5) is 32.5. The number of nitrogens with zero attached hydrogens (tertiary/aromatic N) is 2. The molecule has 0 spiro atoms. The highest BCUT2D eigenvalue weighted by Gasteiger charge is 2.39. The average molecular weight is 419 g/mol. The smallest absolute Gasteiger partial charge is 0.278 e. The normalized spacial score (nSPS) is 15.7. The van der Waals surface area contributed by atoms with E-state index in [-0.39, 0.29) is 24.1 Å². The minimum absolute atomic E-state index is 0.159. The van der Waals surface area contributed by atoms with Gasteiger partial charge in [0, 0.05) is 29.0 Å². The van der Waals surface area contributed by atoms with Gasteiger partial charge in [-0.15, -0.1) is 11.3 Å². The molecule has 1 N–H and O–H groups in total. The lowest BCUT2D eigenvalue weighted by molar-refractivity contribution is -0.137. The number of rotatable bonds is 5. The molecule has 2 aliphatic heterocycles. The molecular formula is C22H17N3O4S. The van der Waals surface area contributed by atoms with E-state index in [4.69, 9.17) is 9.47 Å². The molecule has 0 atom stereocenters. The maximum Gasteiger partial charge on any atom is 0.278 e. The molecule has 2 aliphatic rings. The number of imide groups is 1. The van der Waals surface area contributed by atoms with Crippen LogP contribution < -0.4 is 14.8 Å². The number of nitrogens with one attached hydrogen (secondary N) is 1. The number of fused-ring (bicyclic) bond motifs is 1. The van der Waals surface area contributed by atoms with Crippen molar-refractivity contribution in [3.05, 3.63) is 76.4 Å². The van der Waals surface area contributed by atoms with Gasteiger partial charge in [-0.1, -0.05) is 12.1 Å². The number of benzene rings is 1. The fraction of sp³-hybridized carbons (Fsp3) is 0.136. The van der Waals surface area contributed by atoms with E-state index in [2.05, 4.69) is 10.3 Å². The highest BCUT2D eigenvalue weighted by atomic mass is 32.1. The number of thiophene rings is 1. The third-order valence-corrected chi connectivity index (χ3v) is 5.70. The maximum atomic E-state index is 13.2. The molecule has 1 aromatic carbocycles. The first kappa shape index (κ1) is 18.4. The standard InChI is InChI=1S/C22H17N3O4S/c26-21-19(18-4-2-10-30-18)20(22(27)25(21)13-14-3-1-7-23-12-14)24-15-5-6-16-17(11-15)29-9-8-28-16/h1-7,10-12,24H,8-9,13H2. The number of hydrogen-bond acceptors (Lipinski definition) is 7. The molecule has 3 aromatic rings. The van der Waals surface area contributed by atoms with Crippen LogP contribution in [-0.4, -0.2) is 34.9 Å². The zero-order chi connectivity index (χ0) is 20.5. The lowest BCUT2D eigenvalue weighted by atomic mass is 10.1. The summed E-state index contributed by atoms with van der Waals surface area (Å²) in [6.07, 6.45) is 3.30. The van der Waals surface area contributed by atoms with Crippen molar-refractivity contribution in [2.75, 3.05) is 18.5 Å². The van der Waals surface area contributed by atoms with Crippen LogP contribution in [0.3, 0.4) is 0 Å². The van der Waals surface area contributed by atoms with Gasteiger partial charge in [0.05, 0.1) is 12.1 Å². The molecule has 4 heterocycles. The summed E-state index contributed by atoms with van der Waals surface area (Å²) < 4.78 is 11.2. The van der Waals surface area contributed by atoms with Gasteiger partial charge in [0.2, 0.25) is 0 Å². The van der Waals surface area contributed by atoms with Gasteiger partial charge in [-0.2, -0.15) is 0 Å². The van der Waals surface area contributed by atoms with E-state index < -0.39 is 0 Å². The number of aromatic nitrogens is 1. The first-order chi connectivity index (χ1) is 14.7. The zero-order valence-corrected chi connectivity index (χ0v) is 16.6. The van der Waals surface area contributed by atoms with Crippen molar-refractivity contribution in [2.45, 2.75) is 6.54 Å². The van der Waals surface area contributed by atoms with Crippen LogP contribution in [0.4, 0.5) is 5.69 Å². The van der Waals surface area contributed by atoms with Crippen molar-refractivity contribution in [3.63, 3.8) is 0 Å². The third kappa shape index (κ3) is 3.31. The average Bonchev–Trinajstić information content (AvgIpc) is 3.38. The highest BCUT2D eigenvalue weighted by molar-refractivity contribution is 7.11. The fourth-order valence-corrected chi connectivity index (χ4v) is 4.19. The number of carbonyl (C=O) groups is 2. The van der Waals surface area contributed by atoms with Crippen LogP contribution in [0.25, 0.3) is 5.57 Å². The van der Waals surface area contributed by atoms with Crippen LogP contribution in [0, 0.1) is 0 Å². The first-order valence-corrected chi connectivity index (χ1v) is 10.3. The summed E-state index contributed by atoms with van der Waals surface area (Å²) in [5, 5.41) is 5.03. The lowest BCUT2D eigenvalue weighted by Crippen LogP contribution is -2.32. The second kappa shape index (κ2) is 7.64. The van der Waals surface area contributed by atoms with Crippen molar-refractivity contribution in [3.8, 4) is 11.5 Å². The van der Waals surface area contributed by atoms with Crippen molar-refractivity contribution >= 4 is 34.4 Å². The van der Waals surface area contributed by atoms with Gasteiger partial charge in [-0.05, 0) is 35.2 Å². The lowest BCUT2D eigenvalue weighted by Gasteiger charge is -2.19. The molecule has 2 amide bonds. The number of hydrogen-bond donors (Lipinski definition) is 1. The van der Waals surface area contributed by atoms with Gasteiger partial charge in [-0.25, -0.2) is 0 Å². The number of ether oxygens (including phenoxy) is 2. The van der Waals surface area contributed by atoms with Gasteiger partial charge >= 0.3 is 0 Å². The molecule has 30 heavy (non-hydrogen) atoms. The Morgan fingerprint density at radius 2 is 1.90 bits per heavy atom. The number of anilines is 1. The van der Waals surface area contributed by atoms with E-state index >= 15 is 0 Å². The van der Waals surface area contributed by atoms with Gasteiger partial charge in [0.1, 0.15) is 18.9 Å². The van der Waals surface area contributed by atoms with E-state index in [1.165, 1.54) is 16.2 Å². The number of carbonyl (C=O) groups excluding carboxylic acids is 2. The Balaban J connectivity index is 1.50. The molecule has 0 fully saturated rings. The predicted octanol–water partition coefficient (Wildman–Crippen LogP) is 3.31. The van der Waals surface area contributed by atoms with Gasteiger partial charge < -0.3 is 14.8 Å². The van der Waals surface area contributed by atoms with E-state index in [0.29, 0.717) is 36.0 Å². The quantitative estimate of drug-likeness (QED) is 0.639. The number of amides is 2. The molecular weight excluding hydrogens is 402 g/mol. The Morgan fingerprint density at radius 3 is 2.67 bits per heavy atom. The molecule has 0 unspecified atom stereocenters. The highest BCUT2D eigenvalue weighted by Crippen LogP contribution is 2.36. The van der Waals surface area contributed by atoms with Crippen molar-refractivity contribution < 1.29 is 19.1 Å². The SMILES string of the molecule is O=C1C(Nc2ccc3c(c2)OCCO3)=C(c2cccs2)C(=O)N1Cc1cccnc1. The third-order valence-electron chi connectivity index (χ3n) is 4.81. The minimum atomic E-state index is -0.373. The molecule has 0 bridgehead atoms. The summed E-state index contributed by atoms with van der Waals surface area (Å²) in [5.41, 5.74) is 2.05. The van der Waals surface area contributed by atoms with Crippen molar-refractivity contribution in [2.24, 2.45) is 0 Å². The monoisotopic (exact) mass is 419 g/mol. The predicted molar refractivity (Wildman–Crippen MR) is 112 cm³/mol. The molecule has 0 aliphatic carbocycles. The largest absolute Gasteiger partial charge is 0.486 e. The Morgan fingerprint density at radius 1 is 1.03 bits per heavy atom. The van der Waals surface area contributed by atoms with Crippen LogP contribution in [0.2, 0.25) is 0 Å². The zero-order valence-electron chi connectivity index (χ0n) is 15.8. The molecule has 0 saturated carbocycles. The maximum absolute atomic E-state index is 13.2. The summed E-state index contributed by atoms with van der Waals surface area (Å²) in [5.74, 6) is 0.563. The fourth-order valence-electron chi connectivity index (χ4n) is 3.42. The van der Waals surface area contributed by atoms with E-state index in [9.17, 15) is 9.59 Å². The first-order valence-electron chi connectivity index (χ1n) is 9.40. The second-order valence-corrected chi connectivity index (χ2v) is 7.72. The van der Waals surface area contributed by atoms with Gasteiger partial charge in [-0.3, -0.25) is 19.5 Å². The minimum Gasteiger partial charge on any atom is -0.486 e. The van der Waals surface area contributed by atoms with Crippen LogP contribution >= 0.6 is 11.3 Å². The van der Waals surface area contributed by atoms with Crippen molar-refractivity contribution in [1.29, 1.82) is 0 Å². The molecule has 150 valence electrons. The summed E-state index contributed by atoms with van der Waals surface area (Å²) in [6.45, 7) is 1.13. The second-order valence-electron chi connectivity index (χ2n) is 6.77. The Hall–Kier alpha value is -3.65. The van der Waals surface area contributed by atoms with Crippen LogP contribution in [0.5, 0.6) is 11.5 Å². The van der Waals surface area contributed by atoms with Crippen LogP contribution in [-0.2, 0) is 16.1 Å². The Bertz CT molecular complexity index is 1140.